The lowest BCUT2D eigenvalue weighted by atomic mass is 9.77. The van der Waals surface area contributed by atoms with Crippen LogP contribution in [0, 0.1) is 17.8 Å². The van der Waals surface area contributed by atoms with Gasteiger partial charge in [-0.2, -0.15) is 0 Å². The van der Waals surface area contributed by atoms with Crippen molar-refractivity contribution in [3.05, 3.63) is 0 Å². The first-order valence-electron chi connectivity index (χ1n) is 11.5. The summed E-state index contributed by atoms with van der Waals surface area (Å²) in [6.45, 7) is 11.7. The van der Waals surface area contributed by atoms with Crippen LogP contribution in [0.5, 0.6) is 0 Å². The third-order valence-corrected chi connectivity index (χ3v) is 5.40. The number of nitrogens with one attached hydrogen (secondary N) is 1. The SMILES string of the molecule is CC(C)CC(=O)C1(F)CC1.CC(C)CC(=O)C1(F)CCC1.CC(C)NC(=O)C1CC1. The molecule has 0 heterocycles. The maximum atomic E-state index is 13.3. The monoisotopic (exact) mass is 429 g/mol. The lowest BCUT2D eigenvalue weighted by Crippen LogP contribution is -2.41. The molecule has 174 valence electrons. The summed E-state index contributed by atoms with van der Waals surface area (Å²) in [4.78, 5) is 33.0. The van der Waals surface area contributed by atoms with Crippen molar-refractivity contribution < 1.29 is 23.2 Å². The molecular weight excluding hydrogens is 388 g/mol. The summed E-state index contributed by atoms with van der Waals surface area (Å²) in [7, 11) is 0. The van der Waals surface area contributed by atoms with Crippen LogP contribution >= 0.6 is 0 Å². The van der Waals surface area contributed by atoms with Crippen LogP contribution in [-0.2, 0) is 14.4 Å². The van der Waals surface area contributed by atoms with E-state index in [4.69, 9.17) is 0 Å². The van der Waals surface area contributed by atoms with Gasteiger partial charge < -0.3 is 5.32 Å². The van der Waals surface area contributed by atoms with Crippen molar-refractivity contribution in [3.8, 4) is 0 Å². The predicted octanol–water partition coefficient (Wildman–Crippen LogP) is 5.52. The Bertz CT molecular complexity index is 589. The molecule has 0 unspecified atom stereocenters. The molecule has 6 heteroatoms. The number of hydrogen-bond donors (Lipinski definition) is 1. The zero-order valence-electron chi connectivity index (χ0n) is 19.7. The maximum Gasteiger partial charge on any atom is 0.223 e. The van der Waals surface area contributed by atoms with Crippen molar-refractivity contribution in [3.63, 3.8) is 0 Å². The molecule has 30 heavy (non-hydrogen) atoms. The van der Waals surface area contributed by atoms with Gasteiger partial charge in [-0.1, -0.05) is 27.7 Å². The van der Waals surface area contributed by atoms with Crippen molar-refractivity contribution in [2.24, 2.45) is 17.8 Å². The summed E-state index contributed by atoms with van der Waals surface area (Å²) in [6, 6.07) is 0.304. The molecule has 3 saturated carbocycles. The van der Waals surface area contributed by atoms with Gasteiger partial charge in [0.1, 0.15) is 0 Å². The van der Waals surface area contributed by atoms with Gasteiger partial charge in [0.2, 0.25) is 5.91 Å². The Labute approximate surface area is 180 Å². The van der Waals surface area contributed by atoms with Gasteiger partial charge in [-0.25, -0.2) is 8.78 Å². The summed E-state index contributed by atoms with van der Waals surface area (Å²) in [5.41, 5.74) is -2.82. The first-order valence-corrected chi connectivity index (χ1v) is 11.5. The largest absolute Gasteiger partial charge is 0.354 e. The number of rotatable bonds is 8. The van der Waals surface area contributed by atoms with Crippen molar-refractivity contribution in [1.29, 1.82) is 0 Å². The number of halogens is 2. The molecule has 0 atom stereocenters. The van der Waals surface area contributed by atoms with Gasteiger partial charge in [-0.15, -0.1) is 0 Å². The second kappa shape index (κ2) is 11.3. The number of Topliss-reactive ketones (excluding diaryl/α,β-unsaturated/α-hetero) is 2. The van der Waals surface area contributed by atoms with Gasteiger partial charge in [0.05, 0.1) is 0 Å². The number of amides is 1. The van der Waals surface area contributed by atoms with Crippen LogP contribution in [-0.4, -0.2) is 34.9 Å². The highest BCUT2D eigenvalue weighted by Crippen LogP contribution is 2.42. The molecule has 0 radical (unpaired) electrons. The van der Waals surface area contributed by atoms with Crippen LogP contribution in [0.3, 0.4) is 0 Å². The summed E-state index contributed by atoms with van der Waals surface area (Å²) in [5.74, 6) is 0.801. The van der Waals surface area contributed by atoms with Gasteiger partial charge in [-0.3, -0.25) is 14.4 Å². The Morgan fingerprint density at radius 1 is 0.800 bits per heavy atom. The molecule has 3 fully saturated rings. The predicted molar refractivity (Wildman–Crippen MR) is 116 cm³/mol. The topological polar surface area (TPSA) is 63.2 Å². The Kier molecular flexibility index (Phi) is 10.1. The number of ketones is 2. The normalized spacial score (nSPS) is 20.4. The van der Waals surface area contributed by atoms with Crippen molar-refractivity contribution in [2.45, 2.75) is 117 Å². The summed E-state index contributed by atoms with van der Waals surface area (Å²) < 4.78 is 26.2. The summed E-state index contributed by atoms with van der Waals surface area (Å²) in [6.07, 6.45) is 5.69. The fraction of sp³-hybridized carbons (Fsp3) is 0.875. The molecule has 1 amide bonds. The number of hydrogen-bond acceptors (Lipinski definition) is 3. The molecule has 0 aromatic heterocycles. The molecule has 0 aromatic carbocycles. The van der Waals surface area contributed by atoms with E-state index in [1.807, 2.05) is 41.5 Å². The van der Waals surface area contributed by atoms with E-state index in [1.54, 1.807) is 0 Å². The molecule has 1 N–H and O–H groups in total. The zero-order valence-corrected chi connectivity index (χ0v) is 19.7. The van der Waals surface area contributed by atoms with Crippen LogP contribution in [0.15, 0.2) is 0 Å². The summed E-state index contributed by atoms with van der Waals surface area (Å²) >= 11 is 0. The Hall–Kier alpha value is -1.33. The minimum atomic E-state index is -1.43. The lowest BCUT2D eigenvalue weighted by Gasteiger charge is -2.32. The van der Waals surface area contributed by atoms with E-state index >= 15 is 0 Å². The standard InChI is InChI=1S/C9H15FO.C8H13FO.C7H13NO/c1-7(2)6-8(11)9(10)4-3-5-9;1-6(2)5-7(10)8(9)3-4-8;1-5(2)8-7(9)6-3-4-6/h7H,3-6H2,1-2H3;6H,3-5H2,1-2H3;5-6H,3-4H2,1-2H3,(H,8,9). The number of carbonyl (C=O) groups excluding carboxylic acids is 3. The third kappa shape index (κ3) is 9.65. The highest BCUT2D eigenvalue weighted by atomic mass is 19.1. The molecule has 0 spiro atoms. The molecule has 3 aliphatic carbocycles. The first-order chi connectivity index (χ1) is 13.8. The van der Waals surface area contributed by atoms with Crippen LogP contribution in [0.2, 0.25) is 0 Å². The van der Waals surface area contributed by atoms with Gasteiger partial charge >= 0.3 is 0 Å². The molecule has 0 aliphatic heterocycles. The van der Waals surface area contributed by atoms with E-state index in [-0.39, 0.29) is 23.4 Å². The first kappa shape index (κ1) is 26.7. The Morgan fingerprint density at radius 3 is 1.43 bits per heavy atom. The fourth-order valence-corrected chi connectivity index (χ4v) is 3.01. The van der Waals surface area contributed by atoms with E-state index in [9.17, 15) is 23.2 Å². The van der Waals surface area contributed by atoms with Gasteiger partial charge in [0.25, 0.3) is 0 Å². The second-order valence-electron chi connectivity index (χ2n) is 10.3. The number of alkyl halides is 2. The molecule has 3 rings (SSSR count). The molecule has 0 saturated heterocycles. The molecule has 0 aromatic rings. The minimum Gasteiger partial charge on any atom is -0.354 e. The molecule has 4 nitrogen and oxygen atoms in total. The minimum absolute atomic E-state index is 0.182. The third-order valence-electron chi connectivity index (χ3n) is 5.40. The average Bonchev–Trinajstić information content (AvgIpc) is 3.47. The van der Waals surface area contributed by atoms with E-state index in [0.29, 0.717) is 56.4 Å². The van der Waals surface area contributed by atoms with Crippen LogP contribution < -0.4 is 5.32 Å². The van der Waals surface area contributed by atoms with Gasteiger partial charge in [0.15, 0.2) is 22.9 Å². The highest BCUT2D eigenvalue weighted by Gasteiger charge is 2.49. The van der Waals surface area contributed by atoms with E-state index < -0.39 is 11.3 Å². The lowest BCUT2D eigenvalue weighted by molar-refractivity contribution is -0.136. The second-order valence-corrected chi connectivity index (χ2v) is 10.3. The zero-order chi connectivity index (χ0) is 23.1. The highest BCUT2D eigenvalue weighted by molar-refractivity contribution is 5.90. The van der Waals surface area contributed by atoms with Crippen LogP contribution in [0.1, 0.15) is 99.3 Å². The smallest absolute Gasteiger partial charge is 0.223 e. The van der Waals surface area contributed by atoms with E-state index in [0.717, 1.165) is 19.3 Å². The quantitative estimate of drug-likeness (QED) is 0.553. The van der Waals surface area contributed by atoms with Crippen molar-refractivity contribution in [1.82, 2.24) is 5.32 Å². The molecule has 3 aliphatic rings. The molecular formula is C24H41F2NO3. The van der Waals surface area contributed by atoms with Crippen molar-refractivity contribution in [2.75, 3.05) is 0 Å². The fourth-order valence-electron chi connectivity index (χ4n) is 3.01. The maximum absolute atomic E-state index is 13.3. The van der Waals surface area contributed by atoms with Crippen molar-refractivity contribution >= 4 is 17.5 Å². The van der Waals surface area contributed by atoms with Gasteiger partial charge in [-0.05, 0) is 70.6 Å². The van der Waals surface area contributed by atoms with E-state index in [1.165, 1.54) is 0 Å². The van der Waals surface area contributed by atoms with Crippen LogP contribution in [0.4, 0.5) is 8.78 Å². The molecule has 0 bridgehead atoms. The van der Waals surface area contributed by atoms with Gasteiger partial charge in [0, 0.05) is 24.8 Å². The Morgan fingerprint density at radius 2 is 1.20 bits per heavy atom. The summed E-state index contributed by atoms with van der Waals surface area (Å²) in [5, 5.41) is 2.87. The van der Waals surface area contributed by atoms with Crippen LogP contribution in [0.25, 0.3) is 0 Å². The average molecular weight is 430 g/mol. The number of carbonyl (C=O) groups is 3. The Balaban J connectivity index is 0.000000226. The van der Waals surface area contributed by atoms with E-state index in [2.05, 4.69) is 5.32 Å².